The zero-order valence-corrected chi connectivity index (χ0v) is 10.8. The lowest BCUT2D eigenvalue weighted by Gasteiger charge is -2.25. The van der Waals surface area contributed by atoms with E-state index in [1.807, 2.05) is 13.0 Å². The van der Waals surface area contributed by atoms with Gasteiger partial charge in [-0.1, -0.05) is 0 Å². The van der Waals surface area contributed by atoms with Crippen LogP contribution in [0.3, 0.4) is 0 Å². The summed E-state index contributed by atoms with van der Waals surface area (Å²) in [4.78, 5) is 32.8. The number of benzene rings is 1. The molecule has 5 heteroatoms. The summed E-state index contributed by atoms with van der Waals surface area (Å²) in [6.07, 6.45) is 1.35. The highest BCUT2D eigenvalue weighted by Crippen LogP contribution is 2.16. The number of Topliss-reactive ketones (excluding diaryl/α,β-unsaturated/α-hetero) is 1. The van der Waals surface area contributed by atoms with Crippen molar-refractivity contribution in [3.05, 3.63) is 29.6 Å². The largest absolute Gasteiger partial charge is 0.342 e. The molecule has 19 heavy (non-hydrogen) atoms. The molecule has 1 aromatic heterocycles. The first-order valence-corrected chi connectivity index (χ1v) is 6.41. The Morgan fingerprint density at radius 3 is 3.05 bits per heavy atom. The lowest BCUT2D eigenvalue weighted by Crippen LogP contribution is -2.40. The fraction of sp³-hybridized carbons (Fsp3) is 0.357. The van der Waals surface area contributed by atoms with E-state index in [9.17, 15) is 9.59 Å². The van der Waals surface area contributed by atoms with Crippen LogP contribution in [0.1, 0.15) is 29.0 Å². The van der Waals surface area contributed by atoms with Gasteiger partial charge in [0.25, 0.3) is 5.91 Å². The summed E-state index contributed by atoms with van der Waals surface area (Å²) in [5.74, 6) is 0.882. The molecule has 0 saturated carbocycles. The van der Waals surface area contributed by atoms with Gasteiger partial charge in [0.2, 0.25) is 0 Å². The Morgan fingerprint density at radius 2 is 2.26 bits per heavy atom. The van der Waals surface area contributed by atoms with Crippen molar-refractivity contribution >= 4 is 22.7 Å². The quantitative estimate of drug-likeness (QED) is 0.845. The van der Waals surface area contributed by atoms with Crippen LogP contribution in [-0.4, -0.2) is 39.6 Å². The van der Waals surface area contributed by atoms with E-state index in [-0.39, 0.29) is 18.2 Å². The average Bonchev–Trinajstić information content (AvgIpc) is 2.76. The summed E-state index contributed by atoms with van der Waals surface area (Å²) in [6, 6.07) is 5.40. The van der Waals surface area contributed by atoms with Crippen molar-refractivity contribution in [1.29, 1.82) is 0 Å². The summed E-state index contributed by atoms with van der Waals surface area (Å²) in [7, 11) is 0. The van der Waals surface area contributed by atoms with Gasteiger partial charge in [0.15, 0.2) is 5.78 Å². The topological polar surface area (TPSA) is 66.1 Å². The summed E-state index contributed by atoms with van der Waals surface area (Å²) in [5, 5.41) is 0. The number of amides is 1. The molecule has 0 atom stereocenters. The molecule has 1 aliphatic heterocycles. The molecule has 98 valence electrons. The number of nitrogens with zero attached hydrogens (tertiary/aromatic N) is 2. The smallest absolute Gasteiger partial charge is 0.254 e. The highest BCUT2D eigenvalue weighted by atomic mass is 16.2. The van der Waals surface area contributed by atoms with E-state index in [2.05, 4.69) is 9.97 Å². The number of likely N-dealkylation sites (tertiary alicyclic amines) is 1. The van der Waals surface area contributed by atoms with E-state index in [0.717, 1.165) is 23.3 Å². The van der Waals surface area contributed by atoms with Gasteiger partial charge in [-0.05, 0) is 31.5 Å². The molecule has 1 amide bonds. The molecule has 5 nitrogen and oxygen atoms in total. The second kappa shape index (κ2) is 4.50. The van der Waals surface area contributed by atoms with Gasteiger partial charge < -0.3 is 9.88 Å². The maximum absolute atomic E-state index is 12.3. The number of fused-ring (bicyclic) bond motifs is 1. The number of hydrogen-bond acceptors (Lipinski definition) is 3. The van der Waals surface area contributed by atoms with Gasteiger partial charge in [0.1, 0.15) is 5.82 Å². The van der Waals surface area contributed by atoms with Crippen LogP contribution in [0.5, 0.6) is 0 Å². The Hall–Kier alpha value is -2.17. The highest BCUT2D eigenvalue weighted by Gasteiger charge is 2.22. The third-order valence-electron chi connectivity index (χ3n) is 3.39. The molecule has 0 bridgehead atoms. The Bertz CT molecular complexity index is 660. The maximum atomic E-state index is 12.3. The number of rotatable bonds is 1. The van der Waals surface area contributed by atoms with Crippen molar-refractivity contribution in [2.24, 2.45) is 0 Å². The lowest BCUT2D eigenvalue weighted by molar-refractivity contribution is -0.121. The molecule has 1 fully saturated rings. The first-order chi connectivity index (χ1) is 9.13. The Balaban J connectivity index is 1.90. The first kappa shape index (κ1) is 11.9. The van der Waals surface area contributed by atoms with Crippen LogP contribution in [0.25, 0.3) is 11.0 Å². The fourth-order valence-electron chi connectivity index (χ4n) is 2.46. The molecule has 2 heterocycles. The molecule has 1 aliphatic rings. The summed E-state index contributed by atoms with van der Waals surface area (Å²) in [6.45, 7) is 2.77. The molecule has 1 N–H and O–H groups in total. The van der Waals surface area contributed by atoms with Crippen LogP contribution in [0.15, 0.2) is 18.2 Å². The van der Waals surface area contributed by atoms with Gasteiger partial charge in [-0.15, -0.1) is 0 Å². The number of aryl methyl sites for hydroxylation is 1. The van der Waals surface area contributed by atoms with E-state index >= 15 is 0 Å². The number of H-pyrrole nitrogens is 1. The van der Waals surface area contributed by atoms with Gasteiger partial charge in [-0.25, -0.2) is 4.98 Å². The number of aromatic nitrogens is 2. The van der Waals surface area contributed by atoms with E-state index in [4.69, 9.17) is 0 Å². The minimum Gasteiger partial charge on any atom is -0.342 e. The highest BCUT2D eigenvalue weighted by molar-refractivity contribution is 5.99. The average molecular weight is 257 g/mol. The van der Waals surface area contributed by atoms with Crippen LogP contribution in [0.4, 0.5) is 0 Å². The number of imidazole rings is 1. The molecule has 1 saturated heterocycles. The van der Waals surface area contributed by atoms with Crippen molar-refractivity contribution in [1.82, 2.24) is 14.9 Å². The normalized spacial score (nSPS) is 16.1. The maximum Gasteiger partial charge on any atom is 0.254 e. The van der Waals surface area contributed by atoms with Crippen molar-refractivity contribution in [2.45, 2.75) is 19.8 Å². The number of piperidine rings is 1. The molecule has 0 spiro atoms. The monoisotopic (exact) mass is 257 g/mol. The molecular weight excluding hydrogens is 242 g/mol. The second-order valence-electron chi connectivity index (χ2n) is 4.92. The zero-order chi connectivity index (χ0) is 13.4. The van der Waals surface area contributed by atoms with E-state index in [1.165, 1.54) is 0 Å². The SMILES string of the molecule is Cc1nc2ccc(C(=O)N3CCCC(=O)C3)cc2[nH]1. The zero-order valence-electron chi connectivity index (χ0n) is 10.8. The predicted molar refractivity (Wildman–Crippen MR) is 71.0 cm³/mol. The first-order valence-electron chi connectivity index (χ1n) is 6.41. The van der Waals surface area contributed by atoms with Crippen LogP contribution in [0, 0.1) is 6.92 Å². The third kappa shape index (κ3) is 2.23. The summed E-state index contributed by atoms with van der Waals surface area (Å²) >= 11 is 0. The number of carbonyl (C=O) groups excluding carboxylic acids is 2. The molecule has 1 aromatic carbocycles. The minimum absolute atomic E-state index is 0.0813. The minimum atomic E-state index is -0.0813. The molecule has 0 aliphatic carbocycles. The molecule has 0 radical (unpaired) electrons. The summed E-state index contributed by atoms with van der Waals surface area (Å²) < 4.78 is 0. The van der Waals surface area contributed by atoms with Gasteiger partial charge in [0, 0.05) is 18.5 Å². The van der Waals surface area contributed by atoms with E-state index in [1.54, 1.807) is 17.0 Å². The van der Waals surface area contributed by atoms with Crippen molar-refractivity contribution in [3.8, 4) is 0 Å². The van der Waals surface area contributed by atoms with E-state index in [0.29, 0.717) is 18.5 Å². The van der Waals surface area contributed by atoms with Gasteiger partial charge in [-0.2, -0.15) is 0 Å². The number of hydrogen-bond donors (Lipinski definition) is 1. The van der Waals surface area contributed by atoms with Crippen molar-refractivity contribution in [2.75, 3.05) is 13.1 Å². The number of aromatic amines is 1. The molecule has 3 rings (SSSR count). The Kier molecular flexibility index (Phi) is 2.81. The van der Waals surface area contributed by atoms with Gasteiger partial charge >= 0.3 is 0 Å². The van der Waals surface area contributed by atoms with Crippen LogP contribution < -0.4 is 0 Å². The molecule has 2 aromatic rings. The fourth-order valence-corrected chi connectivity index (χ4v) is 2.46. The van der Waals surface area contributed by atoms with Crippen LogP contribution >= 0.6 is 0 Å². The van der Waals surface area contributed by atoms with Gasteiger partial charge in [-0.3, -0.25) is 9.59 Å². The van der Waals surface area contributed by atoms with Crippen LogP contribution in [0.2, 0.25) is 0 Å². The third-order valence-corrected chi connectivity index (χ3v) is 3.39. The van der Waals surface area contributed by atoms with Crippen molar-refractivity contribution in [3.63, 3.8) is 0 Å². The summed E-state index contributed by atoms with van der Waals surface area (Å²) in [5.41, 5.74) is 2.31. The van der Waals surface area contributed by atoms with Gasteiger partial charge in [0.05, 0.1) is 17.6 Å². The Labute approximate surface area is 110 Å². The number of ketones is 1. The standard InChI is InChI=1S/C14H15N3O2/c1-9-15-12-5-4-10(7-13(12)16-9)14(19)17-6-2-3-11(18)8-17/h4-5,7H,2-3,6,8H2,1H3,(H,15,16). The van der Waals surface area contributed by atoms with E-state index < -0.39 is 0 Å². The number of carbonyl (C=O) groups is 2. The number of nitrogens with one attached hydrogen (secondary N) is 1. The molecular formula is C14H15N3O2. The Morgan fingerprint density at radius 1 is 1.42 bits per heavy atom. The second-order valence-corrected chi connectivity index (χ2v) is 4.92. The van der Waals surface area contributed by atoms with Crippen LogP contribution in [-0.2, 0) is 4.79 Å². The molecule has 0 unspecified atom stereocenters. The predicted octanol–water partition coefficient (Wildman–Crippen LogP) is 1.68. The lowest BCUT2D eigenvalue weighted by atomic mass is 10.1. The van der Waals surface area contributed by atoms with Crippen molar-refractivity contribution < 1.29 is 9.59 Å².